The third-order valence-electron chi connectivity index (χ3n) is 25.6. The third-order valence-corrected chi connectivity index (χ3v) is 25.6. The molecule has 672 valence electrons. The van der Waals surface area contributed by atoms with E-state index in [1.807, 2.05) is 55.4 Å². The van der Waals surface area contributed by atoms with Crippen molar-refractivity contribution in [3.8, 4) is 111 Å². The zero-order valence-electron chi connectivity index (χ0n) is 80.9. The summed E-state index contributed by atoms with van der Waals surface area (Å²) in [6, 6.07) is 193. The lowest BCUT2D eigenvalue weighted by Crippen LogP contribution is -1.90. The fourth-order valence-electron chi connectivity index (χ4n) is 19.3. The number of rotatable bonds is 10. The fraction of sp³-hybridized carbons (Fsp3) is 0.0647. The van der Waals surface area contributed by atoms with Crippen LogP contribution in [0, 0.1) is 6.92 Å². The maximum atomic E-state index is 2.35. The molecule has 0 saturated carbocycles. The molecular weight excluding hydrogens is 1670 g/mol. The molecule has 0 saturated heterocycles. The average Bonchev–Trinajstić information content (AvgIpc) is 0.711. The van der Waals surface area contributed by atoms with Crippen molar-refractivity contribution < 1.29 is 0 Å². The summed E-state index contributed by atoms with van der Waals surface area (Å²) in [4.78, 5) is 0. The van der Waals surface area contributed by atoms with E-state index in [1.165, 1.54) is 225 Å². The summed E-state index contributed by atoms with van der Waals surface area (Å²) in [7, 11) is 0. The largest absolute Gasteiger partial charge is 0.0683 e. The van der Waals surface area contributed by atoms with E-state index in [0.29, 0.717) is 0 Å². The van der Waals surface area contributed by atoms with Gasteiger partial charge in [-0.15, -0.1) is 0 Å². The summed E-state index contributed by atoms with van der Waals surface area (Å²) in [6.45, 7) is 18.2. The molecule has 25 aromatic rings. The molecule has 0 aliphatic carbocycles. The molecule has 0 aliphatic heterocycles. The highest BCUT2D eigenvalue weighted by Gasteiger charge is 2.19. The minimum Gasteiger partial charge on any atom is -0.0683 e. The highest BCUT2D eigenvalue weighted by atomic mass is 14.2. The number of fused-ring (bicyclic) bond motifs is 10. The Morgan fingerprint density at radius 2 is 0.259 bits per heavy atom. The van der Waals surface area contributed by atoms with Crippen molar-refractivity contribution >= 4 is 108 Å². The van der Waals surface area contributed by atoms with Crippen LogP contribution in [0.4, 0.5) is 0 Å². The van der Waals surface area contributed by atoms with Gasteiger partial charge in [-0.05, 0) is 286 Å². The summed E-state index contributed by atoms with van der Waals surface area (Å²) >= 11 is 0. The molecule has 0 spiro atoms. The van der Waals surface area contributed by atoms with E-state index in [9.17, 15) is 0 Å². The monoisotopic (exact) mass is 1780 g/mol. The molecule has 139 heavy (non-hydrogen) atoms. The van der Waals surface area contributed by atoms with Gasteiger partial charge in [0.05, 0.1) is 0 Å². The predicted octanol–water partition coefficient (Wildman–Crippen LogP) is 41.0. The van der Waals surface area contributed by atoms with Crippen molar-refractivity contribution in [2.45, 2.75) is 62.3 Å². The SMILES string of the molecule is CC.CC.CC.CC.Cc1c2ccccc2c(-c2ccccc2)c2ccc(-c3ccccc3)cc12.c1ccc(-c2ccc3c(-c4ccccc4)c4ccccc4cc3c2)cc1.c1ccc(-c2ccc3c(-c4ccccc4)c4ccccc4cc3c2)cc1.c1ccc(-c2ccc3cc4ccccc4c(-c4ccccc4)c3c2)cc1.c1ccc(-c2ccc3cc4ccccc4c(-c4ccccc4)c3c2)cc1. The van der Waals surface area contributed by atoms with Crippen LogP contribution in [0.2, 0.25) is 0 Å². The quantitative estimate of drug-likeness (QED) is 0.120. The van der Waals surface area contributed by atoms with Gasteiger partial charge in [0.1, 0.15) is 0 Å². The standard InChI is InChI=1S/C27H20.4C26H18.4C2H6/c1-19-23-14-8-9-15-24(23)27(21-12-6-3-7-13-21)25-17-16-22(18-26(19)25)20-10-4-2-5-11-20;2*1-3-9-19(10-4-1)21-15-16-23-17-22-13-7-8-14-24(22)26(25(23)18-21)20-11-5-2-6-12-20;2*1-3-9-19(10-4-1)21-15-16-25-23(17-21)18-22-13-7-8-14-24(22)26(25)20-11-5-2-6-12-20;4*1-2/h2-18H,1H3;4*1-18H;4*1-2H3. The van der Waals surface area contributed by atoms with Gasteiger partial charge >= 0.3 is 0 Å². The Hall–Kier alpha value is -16.9. The molecule has 0 fully saturated rings. The lowest BCUT2D eigenvalue weighted by Gasteiger charge is -2.16. The average molecular weight is 1790 g/mol. The molecule has 0 nitrogen and oxygen atoms in total. The van der Waals surface area contributed by atoms with Crippen molar-refractivity contribution in [3.05, 3.63) is 545 Å². The Labute approximate surface area is 820 Å². The Kier molecular flexibility index (Phi) is 31.0. The summed E-state index contributed by atoms with van der Waals surface area (Å²) in [5, 5.41) is 26.0. The van der Waals surface area contributed by atoms with Crippen molar-refractivity contribution in [1.29, 1.82) is 0 Å². The summed E-state index contributed by atoms with van der Waals surface area (Å²) in [6.07, 6.45) is 0. The molecule has 0 bridgehead atoms. The van der Waals surface area contributed by atoms with Crippen molar-refractivity contribution in [2.24, 2.45) is 0 Å². The van der Waals surface area contributed by atoms with Crippen LogP contribution in [0.3, 0.4) is 0 Å². The van der Waals surface area contributed by atoms with Gasteiger partial charge < -0.3 is 0 Å². The summed E-state index contributed by atoms with van der Waals surface area (Å²) < 4.78 is 0. The number of aryl methyl sites for hydroxylation is 1. The van der Waals surface area contributed by atoms with Crippen LogP contribution < -0.4 is 0 Å². The lowest BCUT2D eigenvalue weighted by atomic mass is 9.87. The molecule has 0 aliphatic rings. The first-order valence-corrected chi connectivity index (χ1v) is 49.2. The van der Waals surface area contributed by atoms with Crippen molar-refractivity contribution in [1.82, 2.24) is 0 Å². The van der Waals surface area contributed by atoms with Crippen LogP contribution in [0.15, 0.2) is 540 Å². The van der Waals surface area contributed by atoms with Crippen LogP contribution in [0.5, 0.6) is 0 Å². The Morgan fingerprint density at radius 3 is 0.532 bits per heavy atom. The van der Waals surface area contributed by atoms with Crippen LogP contribution in [0.1, 0.15) is 61.0 Å². The molecule has 0 radical (unpaired) electrons. The van der Waals surface area contributed by atoms with Gasteiger partial charge in [-0.3, -0.25) is 0 Å². The van der Waals surface area contributed by atoms with E-state index in [4.69, 9.17) is 0 Å². The third kappa shape index (κ3) is 20.8. The van der Waals surface area contributed by atoms with Crippen LogP contribution >= 0.6 is 0 Å². The molecular formula is C139H116. The summed E-state index contributed by atoms with van der Waals surface area (Å²) in [5.74, 6) is 0. The molecule has 0 aromatic heterocycles. The minimum atomic E-state index is 1.25. The normalized spacial score (nSPS) is 10.6. The van der Waals surface area contributed by atoms with Gasteiger partial charge in [-0.25, -0.2) is 0 Å². The highest BCUT2D eigenvalue weighted by molar-refractivity contribution is 6.19. The van der Waals surface area contributed by atoms with E-state index in [2.05, 4.69) is 547 Å². The van der Waals surface area contributed by atoms with Crippen molar-refractivity contribution in [3.63, 3.8) is 0 Å². The maximum Gasteiger partial charge on any atom is -0.00266 e. The minimum absolute atomic E-state index is 1.25. The van der Waals surface area contributed by atoms with Gasteiger partial charge in [0.25, 0.3) is 0 Å². The topological polar surface area (TPSA) is 0 Å². The molecule has 0 unspecified atom stereocenters. The molecule has 0 atom stereocenters. The van der Waals surface area contributed by atoms with E-state index in [0.717, 1.165) is 0 Å². The lowest BCUT2D eigenvalue weighted by molar-refractivity contribution is 1.50. The molecule has 0 amide bonds. The zero-order valence-corrected chi connectivity index (χ0v) is 80.9. The first kappa shape index (κ1) is 93.9. The number of hydrogen-bond donors (Lipinski definition) is 0. The summed E-state index contributed by atoms with van der Waals surface area (Å²) in [5.41, 5.74) is 26.8. The smallest absolute Gasteiger partial charge is 0.00266 e. The van der Waals surface area contributed by atoms with Gasteiger partial charge in [0.15, 0.2) is 0 Å². The predicted molar refractivity (Wildman–Crippen MR) is 612 cm³/mol. The Balaban J connectivity index is 0.000000118. The van der Waals surface area contributed by atoms with Crippen LogP contribution in [0.25, 0.3) is 219 Å². The maximum absolute atomic E-state index is 2.35. The molecule has 25 aromatic carbocycles. The Morgan fingerprint density at radius 1 is 0.0935 bits per heavy atom. The van der Waals surface area contributed by atoms with Crippen LogP contribution in [-0.4, -0.2) is 0 Å². The fourth-order valence-corrected chi connectivity index (χ4v) is 19.3. The molecule has 0 heterocycles. The second kappa shape index (κ2) is 45.9. The molecule has 25 rings (SSSR count). The first-order chi connectivity index (χ1) is 68.9. The molecule has 0 heteroatoms. The van der Waals surface area contributed by atoms with E-state index >= 15 is 0 Å². The van der Waals surface area contributed by atoms with Gasteiger partial charge in [-0.1, -0.05) is 541 Å². The Bertz CT molecular complexity index is 7980. The zero-order chi connectivity index (χ0) is 95.6. The number of hydrogen-bond acceptors (Lipinski definition) is 0. The second-order valence-corrected chi connectivity index (χ2v) is 33.6. The number of benzene rings is 25. The van der Waals surface area contributed by atoms with Gasteiger partial charge in [-0.2, -0.15) is 0 Å². The van der Waals surface area contributed by atoms with Crippen molar-refractivity contribution in [2.75, 3.05) is 0 Å². The molecule has 0 N–H and O–H groups in total. The van der Waals surface area contributed by atoms with E-state index in [-0.39, 0.29) is 0 Å². The second-order valence-electron chi connectivity index (χ2n) is 33.6. The van der Waals surface area contributed by atoms with Crippen LogP contribution in [-0.2, 0) is 0 Å². The van der Waals surface area contributed by atoms with E-state index < -0.39 is 0 Å². The first-order valence-electron chi connectivity index (χ1n) is 49.2. The van der Waals surface area contributed by atoms with Gasteiger partial charge in [0.2, 0.25) is 0 Å². The van der Waals surface area contributed by atoms with Gasteiger partial charge in [0, 0.05) is 0 Å². The highest BCUT2D eigenvalue weighted by Crippen LogP contribution is 2.46. The van der Waals surface area contributed by atoms with E-state index in [1.54, 1.807) is 0 Å².